The number of rotatable bonds is 5. The van der Waals surface area contributed by atoms with Crippen molar-refractivity contribution >= 4 is 36.0 Å². The van der Waals surface area contributed by atoms with Gasteiger partial charge in [-0.1, -0.05) is 30.3 Å². The maximum absolute atomic E-state index is 12.4. The highest BCUT2D eigenvalue weighted by atomic mass is 35.5. The number of hydrogen-bond acceptors (Lipinski definition) is 5. The fourth-order valence-corrected chi connectivity index (χ4v) is 4.12. The molecule has 3 rings (SSSR count). The zero-order valence-electron chi connectivity index (χ0n) is 14.7. The van der Waals surface area contributed by atoms with Crippen LogP contribution in [0.2, 0.25) is 0 Å². The van der Waals surface area contributed by atoms with Gasteiger partial charge in [0.1, 0.15) is 0 Å². The van der Waals surface area contributed by atoms with E-state index in [0.29, 0.717) is 50.9 Å². The van der Waals surface area contributed by atoms with Crippen LogP contribution >= 0.6 is 24.2 Å². The van der Waals surface area contributed by atoms with E-state index in [4.69, 9.17) is 10.5 Å². The largest absolute Gasteiger partial charge is 0.378 e. The fourth-order valence-electron chi connectivity index (χ4n) is 3.31. The molecule has 0 aliphatic carbocycles. The summed E-state index contributed by atoms with van der Waals surface area (Å²) < 4.78 is 5.24. The summed E-state index contributed by atoms with van der Waals surface area (Å²) in [5.74, 6) is 0.998. The van der Waals surface area contributed by atoms with Crippen molar-refractivity contribution in [2.24, 2.45) is 5.73 Å². The summed E-state index contributed by atoms with van der Waals surface area (Å²) in [6.45, 7) is 3.72. The Morgan fingerprint density at radius 3 is 2.31 bits per heavy atom. The summed E-state index contributed by atoms with van der Waals surface area (Å²) in [5.41, 5.74) is 7.42. The third kappa shape index (κ3) is 5.36. The third-order valence-corrected chi connectivity index (χ3v) is 5.66. The van der Waals surface area contributed by atoms with Crippen molar-refractivity contribution in [1.29, 1.82) is 0 Å². The third-order valence-electron chi connectivity index (χ3n) is 4.76. The van der Waals surface area contributed by atoms with E-state index >= 15 is 0 Å². The molecular weight excluding hydrogens is 374 g/mol. The quantitative estimate of drug-likeness (QED) is 0.797. The predicted octanol–water partition coefficient (Wildman–Crippen LogP) is 0.954. The average molecular weight is 400 g/mol. The minimum Gasteiger partial charge on any atom is -0.378 e. The predicted molar refractivity (Wildman–Crippen MR) is 106 cm³/mol. The van der Waals surface area contributed by atoms with Crippen molar-refractivity contribution in [3.05, 3.63) is 35.9 Å². The first-order valence-corrected chi connectivity index (χ1v) is 9.82. The van der Waals surface area contributed by atoms with E-state index in [1.807, 2.05) is 23.1 Å². The Hall–Kier alpha value is -1.28. The standard InChI is InChI=1S/C18H25N3O3S.ClH/c19-16-11-21(10-15(16)14-4-2-1-3-5-14)18(23)13-25-12-17(22)20-6-8-24-9-7-20;/h1-5,15-16H,6-13,19H2;1H/t15-,16+;/m0./s1. The molecule has 2 aliphatic heterocycles. The van der Waals surface area contributed by atoms with Gasteiger partial charge in [0, 0.05) is 38.1 Å². The zero-order chi connectivity index (χ0) is 17.6. The van der Waals surface area contributed by atoms with Crippen LogP contribution in [0.15, 0.2) is 30.3 Å². The van der Waals surface area contributed by atoms with Crippen LogP contribution < -0.4 is 5.73 Å². The van der Waals surface area contributed by atoms with Crippen LogP contribution in [-0.4, -0.2) is 78.6 Å². The molecule has 0 saturated carbocycles. The monoisotopic (exact) mass is 399 g/mol. The summed E-state index contributed by atoms with van der Waals surface area (Å²) in [5, 5.41) is 0. The van der Waals surface area contributed by atoms with Gasteiger partial charge >= 0.3 is 0 Å². The van der Waals surface area contributed by atoms with E-state index in [0.717, 1.165) is 0 Å². The molecule has 144 valence electrons. The van der Waals surface area contributed by atoms with Crippen LogP contribution in [0.1, 0.15) is 11.5 Å². The fraction of sp³-hybridized carbons (Fsp3) is 0.556. The number of halogens is 1. The van der Waals surface area contributed by atoms with Gasteiger partial charge in [-0.3, -0.25) is 9.59 Å². The molecule has 26 heavy (non-hydrogen) atoms. The van der Waals surface area contributed by atoms with Crippen LogP contribution in [0, 0.1) is 0 Å². The van der Waals surface area contributed by atoms with Gasteiger partial charge in [0.05, 0.1) is 24.7 Å². The summed E-state index contributed by atoms with van der Waals surface area (Å²) in [4.78, 5) is 28.2. The molecule has 0 radical (unpaired) electrons. The summed E-state index contributed by atoms with van der Waals surface area (Å²) in [6.07, 6.45) is 0. The number of carbonyl (C=O) groups excluding carboxylic acids is 2. The summed E-state index contributed by atoms with van der Waals surface area (Å²) >= 11 is 1.38. The second kappa shape index (κ2) is 10.2. The van der Waals surface area contributed by atoms with E-state index in [-0.39, 0.29) is 36.2 Å². The number of hydrogen-bond donors (Lipinski definition) is 1. The molecule has 0 aromatic heterocycles. The topological polar surface area (TPSA) is 75.9 Å². The minimum absolute atomic E-state index is 0. The number of morpholine rings is 1. The molecule has 1 aromatic carbocycles. The van der Waals surface area contributed by atoms with Crippen molar-refractivity contribution in [2.45, 2.75) is 12.0 Å². The highest BCUT2D eigenvalue weighted by molar-refractivity contribution is 8.00. The Bertz CT molecular complexity index is 599. The molecule has 0 spiro atoms. The van der Waals surface area contributed by atoms with Crippen LogP contribution in [0.3, 0.4) is 0 Å². The van der Waals surface area contributed by atoms with Crippen LogP contribution in [-0.2, 0) is 14.3 Å². The van der Waals surface area contributed by atoms with Gasteiger partial charge < -0.3 is 20.3 Å². The van der Waals surface area contributed by atoms with E-state index in [9.17, 15) is 9.59 Å². The van der Waals surface area contributed by atoms with E-state index in [1.165, 1.54) is 17.3 Å². The molecule has 2 N–H and O–H groups in total. The number of ether oxygens (including phenoxy) is 1. The Kier molecular flexibility index (Phi) is 8.21. The number of benzene rings is 1. The molecule has 6 nitrogen and oxygen atoms in total. The molecule has 0 bridgehead atoms. The van der Waals surface area contributed by atoms with Gasteiger partial charge in [-0.25, -0.2) is 0 Å². The average Bonchev–Trinajstić information content (AvgIpc) is 3.05. The van der Waals surface area contributed by atoms with Crippen LogP contribution in [0.5, 0.6) is 0 Å². The van der Waals surface area contributed by atoms with Crippen molar-refractivity contribution in [3.8, 4) is 0 Å². The molecule has 2 saturated heterocycles. The first-order valence-electron chi connectivity index (χ1n) is 8.66. The van der Waals surface area contributed by atoms with Gasteiger partial charge in [-0.15, -0.1) is 24.2 Å². The van der Waals surface area contributed by atoms with Crippen molar-refractivity contribution < 1.29 is 14.3 Å². The molecule has 2 atom stereocenters. The molecule has 1 aromatic rings. The Balaban J connectivity index is 0.00000243. The second-order valence-electron chi connectivity index (χ2n) is 6.47. The molecule has 2 aliphatic rings. The van der Waals surface area contributed by atoms with Crippen molar-refractivity contribution in [2.75, 3.05) is 50.9 Å². The Labute approximate surface area is 164 Å². The lowest BCUT2D eigenvalue weighted by Gasteiger charge is -2.26. The molecule has 2 heterocycles. The highest BCUT2D eigenvalue weighted by Crippen LogP contribution is 2.26. The van der Waals surface area contributed by atoms with Gasteiger partial charge in [0.2, 0.25) is 11.8 Å². The summed E-state index contributed by atoms with van der Waals surface area (Å²) in [7, 11) is 0. The van der Waals surface area contributed by atoms with Gasteiger partial charge in [-0.05, 0) is 5.56 Å². The first-order chi connectivity index (χ1) is 12.1. The number of amides is 2. The number of carbonyl (C=O) groups is 2. The number of nitrogens with zero attached hydrogens (tertiary/aromatic N) is 2. The Morgan fingerprint density at radius 1 is 1.04 bits per heavy atom. The van der Waals surface area contributed by atoms with E-state index in [1.54, 1.807) is 4.90 Å². The van der Waals surface area contributed by atoms with Gasteiger partial charge in [0.15, 0.2) is 0 Å². The lowest BCUT2D eigenvalue weighted by atomic mass is 9.95. The SMILES string of the molecule is Cl.N[C@@H]1CN(C(=O)CSCC(=O)N2CCOCC2)C[C@H]1c1ccccc1. The lowest BCUT2D eigenvalue weighted by Crippen LogP contribution is -2.41. The summed E-state index contributed by atoms with van der Waals surface area (Å²) in [6, 6.07) is 10.1. The normalized spacial score (nSPS) is 22.8. The van der Waals surface area contributed by atoms with Crippen molar-refractivity contribution in [3.63, 3.8) is 0 Å². The number of thioether (sulfide) groups is 1. The molecule has 0 unspecified atom stereocenters. The smallest absolute Gasteiger partial charge is 0.232 e. The van der Waals surface area contributed by atoms with Crippen LogP contribution in [0.25, 0.3) is 0 Å². The number of likely N-dealkylation sites (tertiary alicyclic amines) is 1. The van der Waals surface area contributed by atoms with Crippen LogP contribution in [0.4, 0.5) is 0 Å². The molecule has 8 heteroatoms. The molecular formula is C18H26ClN3O3S. The molecule has 2 amide bonds. The van der Waals surface area contributed by atoms with Gasteiger partial charge in [0.25, 0.3) is 0 Å². The van der Waals surface area contributed by atoms with Crippen molar-refractivity contribution in [1.82, 2.24) is 9.80 Å². The lowest BCUT2D eigenvalue weighted by molar-refractivity contribution is -0.132. The highest BCUT2D eigenvalue weighted by Gasteiger charge is 2.33. The van der Waals surface area contributed by atoms with E-state index in [2.05, 4.69) is 12.1 Å². The maximum Gasteiger partial charge on any atom is 0.232 e. The minimum atomic E-state index is -0.0358. The zero-order valence-corrected chi connectivity index (χ0v) is 16.3. The molecule has 2 fully saturated rings. The van der Waals surface area contributed by atoms with Gasteiger partial charge in [-0.2, -0.15) is 0 Å². The first kappa shape index (κ1) is 21.0. The maximum atomic E-state index is 12.4. The Morgan fingerprint density at radius 2 is 1.65 bits per heavy atom. The number of nitrogens with two attached hydrogens (primary N) is 1. The second-order valence-corrected chi connectivity index (χ2v) is 7.45. The van der Waals surface area contributed by atoms with E-state index < -0.39 is 0 Å².